The van der Waals surface area contributed by atoms with Crippen molar-refractivity contribution in [3.63, 3.8) is 0 Å². The number of piperidine rings is 1. The topological polar surface area (TPSA) is 99.3 Å². The maximum absolute atomic E-state index is 12.5. The highest BCUT2D eigenvalue weighted by atomic mass is 35.5. The van der Waals surface area contributed by atoms with Crippen LogP contribution in [0, 0.1) is 0 Å². The van der Waals surface area contributed by atoms with Gasteiger partial charge in [0.25, 0.3) is 0 Å². The van der Waals surface area contributed by atoms with Crippen LogP contribution in [0.1, 0.15) is 19.8 Å². The number of benzene rings is 1. The third-order valence-corrected chi connectivity index (χ3v) is 5.38. The lowest BCUT2D eigenvalue weighted by Gasteiger charge is -2.34. The normalized spacial score (nSPS) is 17.9. The zero-order chi connectivity index (χ0) is 21.7. The molecule has 9 nitrogen and oxygen atoms in total. The lowest BCUT2D eigenvalue weighted by Crippen LogP contribution is -2.57. The molecular weight excluding hydrogens is 412 g/mol. The molecule has 0 aliphatic carbocycles. The van der Waals surface area contributed by atoms with Gasteiger partial charge in [0.15, 0.2) is 0 Å². The van der Waals surface area contributed by atoms with Crippen molar-refractivity contribution in [2.45, 2.75) is 25.8 Å². The summed E-state index contributed by atoms with van der Waals surface area (Å²) in [7, 11) is 0. The van der Waals surface area contributed by atoms with Crippen LogP contribution in [0.15, 0.2) is 24.3 Å². The zero-order valence-corrected chi connectivity index (χ0v) is 17.6. The molecule has 2 aliphatic heterocycles. The zero-order valence-electron chi connectivity index (χ0n) is 16.8. The van der Waals surface area contributed by atoms with Gasteiger partial charge < -0.3 is 24.8 Å². The molecule has 162 valence electrons. The molecule has 2 fully saturated rings. The number of ether oxygens (including phenoxy) is 1. The fourth-order valence-corrected chi connectivity index (χ4v) is 3.77. The first-order chi connectivity index (χ1) is 14.4. The second-order valence-electron chi connectivity index (χ2n) is 7.19. The van der Waals surface area contributed by atoms with E-state index in [2.05, 4.69) is 5.32 Å². The van der Waals surface area contributed by atoms with Gasteiger partial charge in [-0.2, -0.15) is 0 Å². The van der Waals surface area contributed by atoms with E-state index in [0.717, 1.165) is 0 Å². The maximum atomic E-state index is 12.5. The summed E-state index contributed by atoms with van der Waals surface area (Å²) < 4.78 is 4.98. The Morgan fingerprint density at radius 3 is 2.53 bits per heavy atom. The van der Waals surface area contributed by atoms with E-state index in [1.54, 1.807) is 36.1 Å². The summed E-state index contributed by atoms with van der Waals surface area (Å²) in [6.07, 6.45) is 0.879. The standard InChI is InChI=1S/C20H25ClN4O5/c1-2-30-20(29)23-8-6-15(7-9-23)22-17(26)13-24-10-11-25(19(28)18(24)27)16-5-3-4-14(21)12-16/h3-5,12,15H,2,6-11,13H2,1H3,(H,22,26). The minimum atomic E-state index is -0.714. The molecule has 0 unspecified atom stereocenters. The smallest absolute Gasteiger partial charge is 0.409 e. The van der Waals surface area contributed by atoms with Crippen LogP contribution in [0.2, 0.25) is 5.02 Å². The number of hydrogen-bond donors (Lipinski definition) is 1. The Labute approximate surface area is 179 Å². The van der Waals surface area contributed by atoms with E-state index >= 15 is 0 Å². The summed E-state index contributed by atoms with van der Waals surface area (Å²) in [5, 5.41) is 3.36. The van der Waals surface area contributed by atoms with Crippen LogP contribution in [0.3, 0.4) is 0 Å². The summed E-state index contributed by atoms with van der Waals surface area (Å²) in [5.41, 5.74) is 0.554. The van der Waals surface area contributed by atoms with Crippen LogP contribution in [0.25, 0.3) is 0 Å². The van der Waals surface area contributed by atoms with Gasteiger partial charge in [-0.3, -0.25) is 14.4 Å². The predicted octanol–water partition coefficient (Wildman–Crippen LogP) is 1.25. The lowest BCUT2D eigenvalue weighted by atomic mass is 10.1. The highest BCUT2D eigenvalue weighted by Crippen LogP contribution is 2.22. The first kappa shape index (κ1) is 21.9. The molecule has 0 bridgehead atoms. The first-order valence-electron chi connectivity index (χ1n) is 9.96. The third-order valence-electron chi connectivity index (χ3n) is 5.15. The molecular formula is C20H25ClN4O5. The largest absolute Gasteiger partial charge is 0.450 e. The van der Waals surface area contributed by atoms with Crippen molar-refractivity contribution in [2.75, 3.05) is 44.2 Å². The Hall–Kier alpha value is -2.81. The van der Waals surface area contributed by atoms with Crippen molar-refractivity contribution in [3.8, 4) is 0 Å². The number of amides is 4. The minimum Gasteiger partial charge on any atom is -0.450 e. The summed E-state index contributed by atoms with van der Waals surface area (Å²) in [6.45, 7) is 3.45. The molecule has 2 saturated heterocycles. The Bertz CT molecular complexity index is 825. The fraction of sp³-hybridized carbons (Fsp3) is 0.500. The molecule has 2 heterocycles. The molecule has 0 spiro atoms. The molecule has 0 saturated carbocycles. The number of carbonyl (C=O) groups excluding carboxylic acids is 4. The van der Waals surface area contributed by atoms with Crippen molar-refractivity contribution in [2.24, 2.45) is 0 Å². The minimum absolute atomic E-state index is 0.0817. The molecule has 0 radical (unpaired) electrons. The van der Waals surface area contributed by atoms with Gasteiger partial charge in [0.2, 0.25) is 5.91 Å². The summed E-state index contributed by atoms with van der Waals surface area (Å²) in [6, 6.07) is 6.65. The average Bonchev–Trinajstić information content (AvgIpc) is 2.72. The molecule has 1 aromatic carbocycles. The van der Waals surface area contributed by atoms with Gasteiger partial charge in [0.05, 0.1) is 6.61 Å². The Balaban J connectivity index is 1.48. The van der Waals surface area contributed by atoms with Crippen molar-refractivity contribution in [3.05, 3.63) is 29.3 Å². The first-order valence-corrected chi connectivity index (χ1v) is 10.3. The molecule has 3 rings (SSSR count). The van der Waals surface area contributed by atoms with E-state index in [1.807, 2.05) is 0 Å². The number of likely N-dealkylation sites (tertiary alicyclic amines) is 1. The van der Waals surface area contributed by atoms with Crippen LogP contribution in [0.5, 0.6) is 0 Å². The van der Waals surface area contributed by atoms with Gasteiger partial charge in [-0.1, -0.05) is 17.7 Å². The fourth-order valence-electron chi connectivity index (χ4n) is 3.58. The second kappa shape index (κ2) is 9.80. The summed E-state index contributed by atoms with van der Waals surface area (Å²) in [4.78, 5) is 53.3. The van der Waals surface area contributed by atoms with Gasteiger partial charge in [0.1, 0.15) is 6.54 Å². The summed E-state index contributed by atoms with van der Waals surface area (Å²) in [5.74, 6) is -1.71. The molecule has 0 aromatic heterocycles. The summed E-state index contributed by atoms with van der Waals surface area (Å²) >= 11 is 5.97. The lowest BCUT2D eigenvalue weighted by molar-refractivity contribution is -0.147. The number of anilines is 1. The van der Waals surface area contributed by atoms with Crippen molar-refractivity contribution < 1.29 is 23.9 Å². The number of piperazine rings is 1. The number of carbonyl (C=O) groups is 4. The van der Waals surface area contributed by atoms with E-state index in [4.69, 9.17) is 16.3 Å². The Kier molecular flexibility index (Phi) is 7.15. The molecule has 2 aliphatic rings. The Morgan fingerprint density at radius 1 is 1.13 bits per heavy atom. The van der Waals surface area contributed by atoms with E-state index in [0.29, 0.717) is 43.2 Å². The van der Waals surface area contributed by atoms with E-state index < -0.39 is 11.8 Å². The van der Waals surface area contributed by atoms with Gasteiger partial charge >= 0.3 is 17.9 Å². The maximum Gasteiger partial charge on any atom is 0.409 e. The third kappa shape index (κ3) is 5.21. The van der Waals surface area contributed by atoms with Gasteiger partial charge in [-0.25, -0.2) is 4.79 Å². The van der Waals surface area contributed by atoms with E-state index in [1.165, 1.54) is 9.80 Å². The quantitative estimate of drug-likeness (QED) is 0.700. The Morgan fingerprint density at radius 2 is 1.87 bits per heavy atom. The van der Waals surface area contributed by atoms with Crippen LogP contribution in [0.4, 0.5) is 10.5 Å². The monoisotopic (exact) mass is 436 g/mol. The number of nitrogens with one attached hydrogen (secondary N) is 1. The van der Waals surface area contributed by atoms with Crippen LogP contribution in [-0.2, 0) is 19.1 Å². The number of halogens is 1. The van der Waals surface area contributed by atoms with Gasteiger partial charge in [-0.05, 0) is 38.0 Å². The van der Waals surface area contributed by atoms with Gasteiger partial charge in [-0.15, -0.1) is 0 Å². The number of hydrogen-bond acceptors (Lipinski definition) is 5. The molecule has 30 heavy (non-hydrogen) atoms. The SMILES string of the molecule is CCOC(=O)N1CCC(NC(=O)CN2CCN(c3cccc(Cl)c3)C(=O)C2=O)CC1. The molecule has 1 aromatic rings. The molecule has 1 N–H and O–H groups in total. The van der Waals surface area contributed by atoms with Gasteiger partial charge in [0, 0.05) is 42.9 Å². The van der Waals surface area contributed by atoms with Crippen molar-refractivity contribution in [1.82, 2.24) is 15.1 Å². The molecule has 0 atom stereocenters. The molecule has 4 amide bonds. The van der Waals surface area contributed by atoms with Crippen molar-refractivity contribution in [1.29, 1.82) is 0 Å². The number of rotatable bonds is 5. The second-order valence-corrected chi connectivity index (χ2v) is 7.63. The highest BCUT2D eigenvalue weighted by molar-refractivity contribution is 6.41. The van der Waals surface area contributed by atoms with E-state index in [-0.39, 0.29) is 37.7 Å². The average molecular weight is 437 g/mol. The predicted molar refractivity (Wildman–Crippen MR) is 110 cm³/mol. The highest BCUT2D eigenvalue weighted by Gasteiger charge is 2.35. The number of nitrogens with zero attached hydrogens (tertiary/aromatic N) is 3. The van der Waals surface area contributed by atoms with Crippen LogP contribution < -0.4 is 10.2 Å². The van der Waals surface area contributed by atoms with E-state index in [9.17, 15) is 19.2 Å². The van der Waals surface area contributed by atoms with Crippen molar-refractivity contribution >= 4 is 41.1 Å². The van der Waals surface area contributed by atoms with Crippen LogP contribution in [-0.4, -0.2) is 79.0 Å². The van der Waals surface area contributed by atoms with Crippen LogP contribution >= 0.6 is 11.6 Å². The molecule has 10 heteroatoms.